The molecule has 4 aliphatic rings. The summed E-state index contributed by atoms with van der Waals surface area (Å²) in [6.07, 6.45) is 1.56. The molecular weight excluding hydrogens is 742 g/mol. The van der Waals surface area contributed by atoms with Crippen LogP contribution in [-0.2, 0) is 14.3 Å². The molecule has 0 radical (unpaired) electrons. The summed E-state index contributed by atoms with van der Waals surface area (Å²) < 4.78 is 62.7. The van der Waals surface area contributed by atoms with Crippen molar-refractivity contribution in [1.82, 2.24) is 5.32 Å². The van der Waals surface area contributed by atoms with Gasteiger partial charge in [0, 0.05) is 11.8 Å². The molecule has 15 heteroatoms. The van der Waals surface area contributed by atoms with Crippen molar-refractivity contribution in [1.29, 1.82) is 0 Å². The second-order valence-corrected chi connectivity index (χ2v) is 13.5. The van der Waals surface area contributed by atoms with Crippen molar-refractivity contribution < 1.29 is 66.5 Å². The molecule has 0 saturated carbocycles. The summed E-state index contributed by atoms with van der Waals surface area (Å²) in [5, 5.41) is 3.10. The van der Waals surface area contributed by atoms with E-state index in [9.17, 15) is 14.4 Å². The number of cyclic esters (lactones) is 1. The van der Waals surface area contributed by atoms with Gasteiger partial charge >= 0.3 is 5.97 Å². The van der Waals surface area contributed by atoms with Gasteiger partial charge in [0.2, 0.25) is 24.1 Å². The standard InChI is InChI=1S/C42H39NO14/c1-47-26-9-7-8-22-38(45)29(57-39(22)26)10-20-11-30(48-2)41(31(12-20)49-3)53-18-34(44)43-37-24-16-28-27(55-19-56-28)15-23(24)35(36-25(37)17-54-42(36)46)21-13-32(50-4)40(52-6)33(14-21)51-5/h7-16,25,35-37H,17-19H2,1-6H3,(H,43,44)/b29-10-/t25-,35+,36-,37+/m0/s1. The van der Waals surface area contributed by atoms with Crippen LogP contribution in [-0.4, -0.2) is 80.3 Å². The quantitative estimate of drug-likeness (QED) is 0.146. The van der Waals surface area contributed by atoms with Crippen LogP contribution in [0.2, 0.25) is 0 Å². The number of ketones is 1. The lowest BCUT2D eigenvalue weighted by Crippen LogP contribution is -2.44. The SMILES string of the molecule is COc1cc([C@@H]2c3cc4c(cc3[C@@H](NC(=O)COc3c(OC)cc(/C=C5\Oc6c(OC)cccc6C5=O)cc3OC)[C@H]3COC(=O)[C@H]23)OCO4)cc(OC)c1OC. The summed E-state index contributed by atoms with van der Waals surface area (Å²) in [5.41, 5.74) is 3.08. The number of hydrogen-bond donors (Lipinski definition) is 1. The Hall–Kier alpha value is -6.77. The highest BCUT2D eigenvalue weighted by Gasteiger charge is 2.53. The average Bonchev–Trinajstić information content (AvgIpc) is 3.95. The number of fused-ring (bicyclic) bond motifs is 4. The normalized spacial score (nSPS) is 20.4. The fourth-order valence-electron chi connectivity index (χ4n) is 8.00. The first-order chi connectivity index (χ1) is 27.7. The predicted molar refractivity (Wildman–Crippen MR) is 200 cm³/mol. The molecule has 4 aromatic rings. The highest BCUT2D eigenvalue weighted by molar-refractivity contribution is 6.15. The van der Waals surface area contributed by atoms with Crippen LogP contribution >= 0.6 is 0 Å². The smallest absolute Gasteiger partial charge is 0.310 e. The molecule has 4 aromatic carbocycles. The molecule has 1 saturated heterocycles. The van der Waals surface area contributed by atoms with Crippen molar-refractivity contribution >= 4 is 23.7 Å². The number of methoxy groups -OCH3 is 6. The molecule has 1 amide bonds. The zero-order chi connectivity index (χ0) is 40.0. The van der Waals surface area contributed by atoms with Crippen molar-refractivity contribution in [3.63, 3.8) is 0 Å². The lowest BCUT2D eigenvalue weighted by atomic mass is 9.65. The molecule has 57 heavy (non-hydrogen) atoms. The minimum Gasteiger partial charge on any atom is -0.493 e. The Bertz CT molecular complexity index is 2270. The first kappa shape index (κ1) is 37.2. The second kappa shape index (κ2) is 15.0. The van der Waals surface area contributed by atoms with Crippen LogP contribution in [0.3, 0.4) is 0 Å². The van der Waals surface area contributed by atoms with E-state index in [-0.39, 0.29) is 42.2 Å². The van der Waals surface area contributed by atoms with Crippen molar-refractivity contribution in [3.05, 3.63) is 88.2 Å². The number of esters is 1. The lowest BCUT2D eigenvalue weighted by molar-refractivity contribution is -0.141. The summed E-state index contributed by atoms with van der Waals surface area (Å²) in [5.74, 6) is 0.879. The van der Waals surface area contributed by atoms with E-state index < -0.39 is 42.3 Å². The predicted octanol–water partition coefficient (Wildman–Crippen LogP) is 5.25. The summed E-state index contributed by atoms with van der Waals surface area (Å²) in [7, 11) is 8.96. The van der Waals surface area contributed by atoms with Crippen molar-refractivity contribution in [3.8, 4) is 57.5 Å². The Balaban J connectivity index is 1.08. The van der Waals surface area contributed by atoms with Crippen LogP contribution in [0.4, 0.5) is 0 Å². The number of ether oxygens (including phenoxy) is 11. The van der Waals surface area contributed by atoms with E-state index in [2.05, 4.69) is 5.32 Å². The first-order valence-electron chi connectivity index (χ1n) is 17.9. The molecule has 1 aliphatic carbocycles. The van der Waals surface area contributed by atoms with Crippen LogP contribution in [0.1, 0.15) is 44.6 Å². The molecule has 0 aromatic heterocycles. The highest BCUT2D eigenvalue weighted by atomic mass is 16.7. The number of amides is 1. The van der Waals surface area contributed by atoms with E-state index in [4.69, 9.17) is 52.1 Å². The van der Waals surface area contributed by atoms with Gasteiger partial charge in [-0.2, -0.15) is 0 Å². The molecule has 4 atom stereocenters. The van der Waals surface area contributed by atoms with Gasteiger partial charge in [-0.1, -0.05) is 6.07 Å². The molecule has 1 N–H and O–H groups in total. The summed E-state index contributed by atoms with van der Waals surface area (Å²) in [4.78, 5) is 40.6. The van der Waals surface area contributed by atoms with E-state index in [0.717, 1.165) is 16.7 Å². The number of nitrogens with one attached hydrogen (secondary N) is 1. The molecular formula is C42H39NO14. The Kier molecular flexibility index (Phi) is 9.81. The van der Waals surface area contributed by atoms with Crippen molar-refractivity contribution in [2.24, 2.45) is 11.8 Å². The van der Waals surface area contributed by atoms with Gasteiger partial charge in [-0.25, -0.2) is 0 Å². The number of para-hydroxylation sites is 1. The Morgan fingerprint density at radius 1 is 0.754 bits per heavy atom. The third-order valence-electron chi connectivity index (χ3n) is 10.6. The third kappa shape index (κ3) is 6.38. The van der Waals surface area contributed by atoms with Crippen LogP contribution in [0.5, 0.6) is 57.5 Å². The Morgan fingerprint density at radius 3 is 2.02 bits per heavy atom. The van der Waals surface area contributed by atoms with E-state index in [1.54, 1.807) is 36.4 Å². The summed E-state index contributed by atoms with van der Waals surface area (Å²) in [6, 6.07) is 15.0. The fourth-order valence-corrected chi connectivity index (χ4v) is 8.00. The summed E-state index contributed by atoms with van der Waals surface area (Å²) >= 11 is 0. The van der Waals surface area contributed by atoms with Gasteiger partial charge in [0.15, 0.2) is 58.4 Å². The molecule has 3 heterocycles. The largest absolute Gasteiger partial charge is 0.493 e. The number of benzene rings is 4. The van der Waals surface area contributed by atoms with E-state index in [0.29, 0.717) is 51.4 Å². The molecule has 3 aliphatic heterocycles. The van der Waals surface area contributed by atoms with Gasteiger partial charge in [-0.15, -0.1) is 0 Å². The van der Waals surface area contributed by atoms with Gasteiger partial charge in [-0.05, 0) is 76.9 Å². The first-order valence-corrected chi connectivity index (χ1v) is 17.9. The highest BCUT2D eigenvalue weighted by Crippen LogP contribution is 2.56. The van der Waals surface area contributed by atoms with Gasteiger partial charge in [0.1, 0.15) is 0 Å². The average molecular weight is 782 g/mol. The monoisotopic (exact) mass is 781 g/mol. The van der Waals surface area contributed by atoms with Gasteiger partial charge < -0.3 is 57.4 Å². The molecule has 296 valence electrons. The second-order valence-electron chi connectivity index (χ2n) is 13.5. The molecule has 0 bridgehead atoms. The van der Waals surface area contributed by atoms with Crippen LogP contribution in [0.15, 0.2) is 60.4 Å². The summed E-state index contributed by atoms with van der Waals surface area (Å²) in [6.45, 7) is -0.354. The van der Waals surface area contributed by atoms with Gasteiger partial charge in [0.25, 0.3) is 5.91 Å². The third-order valence-corrected chi connectivity index (χ3v) is 10.6. The number of carbonyl (C=O) groups excluding carboxylic acids is 3. The molecule has 1 fully saturated rings. The molecule has 0 unspecified atom stereocenters. The fraction of sp³-hybridized carbons (Fsp3) is 0.310. The van der Waals surface area contributed by atoms with E-state index in [1.807, 2.05) is 24.3 Å². The molecule has 0 spiro atoms. The minimum absolute atomic E-state index is 0.0259. The number of Topliss-reactive ketones (excluding diaryl/α,β-unsaturated/α-hetero) is 1. The number of hydrogen-bond acceptors (Lipinski definition) is 14. The van der Waals surface area contributed by atoms with E-state index in [1.165, 1.54) is 42.7 Å². The molecule has 15 nitrogen and oxygen atoms in total. The van der Waals surface area contributed by atoms with Crippen molar-refractivity contribution in [2.75, 3.05) is 62.7 Å². The maximum atomic E-state index is 13.9. The number of carbonyl (C=O) groups is 3. The molecule has 8 rings (SSSR count). The maximum Gasteiger partial charge on any atom is 0.310 e. The Morgan fingerprint density at radius 2 is 1.39 bits per heavy atom. The number of rotatable bonds is 12. The Labute approximate surface area is 327 Å². The number of allylic oxidation sites excluding steroid dienone is 1. The van der Waals surface area contributed by atoms with E-state index >= 15 is 0 Å². The van der Waals surface area contributed by atoms with Crippen LogP contribution in [0, 0.1) is 11.8 Å². The zero-order valence-corrected chi connectivity index (χ0v) is 31.9. The van der Waals surface area contributed by atoms with Crippen molar-refractivity contribution in [2.45, 2.75) is 12.0 Å². The zero-order valence-electron chi connectivity index (χ0n) is 31.9. The van der Waals surface area contributed by atoms with Crippen LogP contribution in [0.25, 0.3) is 6.08 Å². The van der Waals surface area contributed by atoms with Gasteiger partial charge in [-0.3, -0.25) is 14.4 Å². The lowest BCUT2D eigenvalue weighted by Gasteiger charge is -2.39. The minimum atomic E-state index is -0.696. The topological polar surface area (TPSA) is 165 Å². The van der Waals surface area contributed by atoms with Crippen LogP contribution < -0.4 is 52.7 Å². The maximum absolute atomic E-state index is 13.9. The van der Waals surface area contributed by atoms with Gasteiger partial charge in [0.05, 0.1) is 66.8 Å².